The molecule has 19 heavy (non-hydrogen) atoms. The molecule has 3 N–H and O–H groups in total. The Morgan fingerprint density at radius 2 is 1.95 bits per heavy atom. The van der Waals surface area contributed by atoms with Crippen LogP contribution in [0.25, 0.3) is 10.1 Å². The molecule has 0 aliphatic carbocycles. The second-order valence-electron chi connectivity index (χ2n) is 4.42. The third-order valence-electron chi connectivity index (χ3n) is 3.07. The van der Waals surface area contributed by atoms with Crippen molar-refractivity contribution >= 4 is 53.7 Å². The molecule has 0 spiro atoms. The lowest BCUT2D eigenvalue weighted by Gasteiger charge is -2.10. The smallest absolute Gasteiger partial charge is 0.111 e. The molecular formula is C15H13BrN2S. The van der Waals surface area contributed by atoms with Gasteiger partial charge in [-0.2, -0.15) is 0 Å². The van der Waals surface area contributed by atoms with E-state index in [0.29, 0.717) is 0 Å². The first kappa shape index (κ1) is 12.5. The molecule has 0 radical (unpaired) electrons. The lowest BCUT2D eigenvalue weighted by molar-refractivity contribution is 1.43. The number of halogens is 1. The van der Waals surface area contributed by atoms with Gasteiger partial charge < -0.3 is 11.1 Å². The molecule has 0 atom stereocenters. The predicted molar refractivity (Wildman–Crippen MR) is 88.4 cm³/mol. The Balaban J connectivity index is 2.08. The van der Waals surface area contributed by atoms with Crippen LogP contribution in [0.5, 0.6) is 0 Å². The van der Waals surface area contributed by atoms with E-state index in [0.717, 1.165) is 20.8 Å². The van der Waals surface area contributed by atoms with Crippen molar-refractivity contribution in [3.05, 3.63) is 52.5 Å². The van der Waals surface area contributed by atoms with Crippen LogP contribution >= 0.6 is 27.3 Å². The third kappa shape index (κ3) is 2.33. The van der Waals surface area contributed by atoms with Gasteiger partial charge in [0.1, 0.15) is 5.00 Å². The van der Waals surface area contributed by atoms with E-state index >= 15 is 0 Å². The van der Waals surface area contributed by atoms with Crippen molar-refractivity contribution in [3.63, 3.8) is 0 Å². The van der Waals surface area contributed by atoms with E-state index in [-0.39, 0.29) is 0 Å². The van der Waals surface area contributed by atoms with E-state index < -0.39 is 0 Å². The van der Waals surface area contributed by atoms with Crippen LogP contribution in [0.2, 0.25) is 0 Å². The Bertz CT molecular complexity index is 749. The van der Waals surface area contributed by atoms with Gasteiger partial charge in [0.25, 0.3) is 0 Å². The van der Waals surface area contributed by atoms with Gasteiger partial charge in [-0.25, -0.2) is 0 Å². The minimum atomic E-state index is 0.823. The molecular weight excluding hydrogens is 320 g/mol. The summed E-state index contributed by atoms with van der Waals surface area (Å²) >= 11 is 5.09. The zero-order valence-corrected chi connectivity index (χ0v) is 12.8. The molecule has 1 heterocycles. The Morgan fingerprint density at radius 3 is 2.74 bits per heavy atom. The highest BCUT2D eigenvalue weighted by molar-refractivity contribution is 9.10. The Kier molecular flexibility index (Phi) is 3.21. The molecule has 0 bridgehead atoms. The largest absolute Gasteiger partial charge is 0.389 e. The first-order chi connectivity index (χ1) is 9.15. The van der Waals surface area contributed by atoms with E-state index in [9.17, 15) is 0 Å². The lowest BCUT2D eigenvalue weighted by atomic mass is 10.2. The first-order valence-corrected chi connectivity index (χ1v) is 7.56. The van der Waals surface area contributed by atoms with E-state index in [1.54, 1.807) is 11.3 Å². The van der Waals surface area contributed by atoms with E-state index in [1.165, 1.54) is 15.6 Å². The average molecular weight is 333 g/mol. The highest BCUT2D eigenvalue weighted by Gasteiger charge is 2.10. The summed E-state index contributed by atoms with van der Waals surface area (Å²) < 4.78 is 2.29. The van der Waals surface area contributed by atoms with Crippen molar-refractivity contribution in [3.8, 4) is 0 Å². The van der Waals surface area contributed by atoms with Gasteiger partial charge in [-0.3, -0.25) is 0 Å². The highest BCUT2D eigenvalue weighted by atomic mass is 79.9. The summed E-state index contributed by atoms with van der Waals surface area (Å²) in [6.45, 7) is 2.08. The van der Waals surface area contributed by atoms with E-state index in [2.05, 4.69) is 52.4 Å². The third-order valence-corrected chi connectivity index (χ3v) is 4.56. The summed E-state index contributed by atoms with van der Waals surface area (Å²) in [6.07, 6.45) is 0. The van der Waals surface area contributed by atoms with Crippen LogP contribution in [0.3, 0.4) is 0 Å². The molecule has 3 aromatic rings. The maximum Gasteiger partial charge on any atom is 0.111 e. The fraction of sp³-hybridized carbons (Fsp3) is 0.0667. The van der Waals surface area contributed by atoms with Crippen molar-refractivity contribution in [2.24, 2.45) is 0 Å². The van der Waals surface area contributed by atoms with Gasteiger partial charge >= 0.3 is 0 Å². The van der Waals surface area contributed by atoms with Gasteiger partial charge in [0.05, 0.1) is 5.69 Å². The normalized spacial score (nSPS) is 10.8. The summed E-state index contributed by atoms with van der Waals surface area (Å²) in [5.41, 5.74) is 9.40. The minimum absolute atomic E-state index is 0.823. The fourth-order valence-electron chi connectivity index (χ4n) is 2.10. The second kappa shape index (κ2) is 4.87. The Morgan fingerprint density at radius 1 is 1.16 bits per heavy atom. The van der Waals surface area contributed by atoms with Crippen molar-refractivity contribution in [2.45, 2.75) is 6.92 Å². The maximum absolute atomic E-state index is 6.13. The number of fused-ring (bicyclic) bond motifs is 1. The molecule has 1 aromatic heterocycles. The van der Waals surface area contributed by atoms with Gasteiger partial charge in [0, 0.05) is 20.2 Å². The number of nitrogen functional groups attached to an aromatic ring is 1. The number of nitrogens with one attached hydrogen (secondary N) is 1. The lowest BCUT2D eigenvalue weighted by Crippen LogP contribution is -1.95. The minimum Gasteiger partial charge on any atom is -0.389 e. The van der Waals surface area contributed by atoms with Gasteiger partial charge in [0.2, 0.25) is 0 Å². The number of anilines is 3. The van der Waals surface area contributed by atoms with Crippen LogP contribution in [-0.4, -0.2) is 0 Å². The number of hydrogen-bond acceptors (Lipinski definition) is 3. The number of benzene rings is 2. The van der Waals surface area contributed by atoms with Gasteiger partial charge in [-0.05, 0) is 36.8 Å². The SMILES string of the molecule is Cc1cc(Br)ccc1Nc1c(N)sc2ccccc12. The summed E-state index contributed by atoms with van der Waals surface area (Å²) in [4.78, 5) is 0. The van der Waals surface area contributed by atoms with Crippen LogP contribution in [0.1, 0.15) is 5.56 Å². The molecule has 2 aromatic carbocycles. The molecule has 3 rings (SSSR count). The van der Waals surface area contributed by atoms with Crippen molar-refractivity contribution < 1.29 is 0 Å². The first-order valence-electron chi connectivity index (χ1n) is 5.95. The van der Waals surface area contributed by atoms with E-state index in [1.807, 2.05) is 18.2 Å². The molecule has 0 aliphatic rings. The van der Waals surface area contributed by atoms with Crippen molar-refractivity contribution in [2.75, 3.05) is 11.1 Å². The van der Waals surface area contributed by atoms with Crippen LogP contribution in [0, 0.1) is 6.92 Å². The summed E-state index contributed by atoms with van der Waals surface area (Å²) in [5, 5.41) is 5.45. The average Bonchev–Trinajstić information content (AvgIpc) is 2.69. The zero-order chi connectivity index (χ0) is 13.4. The number of aryl methyl sites for hydroxylation is 1. The second-order valence-corrected chi connectivity index (χ2v) is 6.42. The monoisotopic (exact) mass is 332 g/mol. The van der Waals surface area contributed by atoms with Crippen molar-refractivity contribution in [1.82, 2.24) is 0 Å². The highest BCUT2D eigenvalue weighted by Crippen LogP contribution is 2.40. The van der Waals surface area contributed by atoms with Gasteiger partial charge in [0.15, 0.2) is 0 Å². The quantitative estimate of drug-likeness (QED) is 0.668. The zero-order valence-electron chi connectivity index (χ0n) is 10.4. The molecule has 96 valence electrons. The van der Waals surface area contributed by atoms with Crippen LogP contribution in [0.15, 0.2) is 46.9 Å². The van der Waals surface area contributed by atoms with E-state index in [4.69, 9.17) is 5.73 Å². The Labute approximate surface area is 124 Å². The topological polar surface area (TPSA) is 38.0 Å². The number of thiophene rings is 1. The van der Waals surface area contributed by atoms with Crippen molar-refractivity contribution in [1.29, 1.82) is 0 Å². The molecule has 0 unspecified atom stereocenters. The fourth-order valence-corrected chi connectivity index (χ4v) is 3.50. The molecule has 4 heteroatoms. The van der Waals surface area contributed by atoms with Crippen LogP contribution in [-0.2, 0) is 0 Å². The molecule has 2 nitrogen and oxygen atoms in total. The molecule has 0 fully saturated rings. The van der Waals surface area contributed by atoms with Gasteiger partial charge in [-0.15, -0.1) is 11.3 Å². The summed E-state index contributed by atoms with van der Waals surface area (Å²) in [7, 11) is 0. The molecule has 0 saturated heterocycles. The number of rotatable bonds is 2. The molecule has 0 saturated carbocycles. The number of nitrogens with two attached hydrogens (primary N) is 1. The summed E-state index contributed by atoms with van der Waals surface area (Å²) in [5.74, 6) is 0. The number of hydrogen-bond donors (Lipinski definition) is 2. The van der Waals surface area contributed by atoms with Gasteiger partial charge in [-0.1, -0.05) is 34.1 Å². The summed E-state index contributed by atoms with van der Waals surface area (Å²) in [6, 6.07) is 14.4. The molecule has 0 amide bonds. The van der Waals surface area contributed by atoms with Crippen LogP contribution < -0.4 is 11.1 Å². The Hall–Kier alpha value is -1.52. The maximum atomic E-state index is 6.13. The predicted octanol–water partition coefficient (Wildman–Crippen LogP) is 5.30. The molecule has 0 aliphatic heterocycles. The van der Waals surface area contributed by atoms with Crippen LogP contribution in [0.4, 0.5) is 16.4 Å². The standard InChI is InChI=1S/C15H13BrN2S/c1-9-8-10(16)6-7-12(9)18-14-11-4-2-3-5-13(11)19-15(14)17/h2-8,18H,17H2,1H3.